The molecule has 1 unspecified atom stereocenters. The van der Waals surface area contributed by atoms with Gasteiger partial charge in [-0.25, -0.2) is 0 Å². The second-order valence-corrected chi connectivity index (χ2v) is 6.15. The lowest BCUT2D eigenvalue weighted by molar-refractivity contribution is 0.235. The summed E-state index contributed by atoms with van der Waals surface area (Å²) in [6, 6.07) is 9.46. The molecule has 0 aliphatic carbocycles. The number of nitrogens with one attached hydrogen (secondary N) is 1. The smallest absolute Gasteiger partial charge is 0.0329 e. The van der Waals surface area contributed by atoms with Crippen LogP contribution in [0.15, 0.2) is 24.3 Å². The molecular weight excluding hydrogens is 244 g/mol. The van der Waals surface area contributed by atoms with E-state index in [1.54, 1.807) is 0 Å². The molecule has 2 heteroatoms. The SMILES string of the molecule is CNC(CCN1CCCCCCC1)c1ccc(C)cc1. The van der Waals surface area contributed by atoms with Gasteiger partial charge in [0.1, 0.15) is 0 Å². The molecule has 0 saturated carbocycles. The average molecular weight is 274 g/mol. The highest BCUT2D eigenvalue weighted by molar-refractivity contribution is 5.24. The van der Waals surface area contributed by atoms with Crippen LogP contribution >= 0.6 is 0 Å². The van der Waals surface area contributed by atoms with E-state index < -0.39 is 0 Å². The predicted octanol–water partition coefficient (Wildman–Crippen LogP) is 3.91. The Kier molecular flexibility index (Phi) is 6.55. The van der Waals surface area contributed by atoms with Crippen molar-refractivity contribution >= 4 is 0 Å². The molecule has 2 rings (SSSR count). The summed E-state index contributed by atoms with van der Waals surface area (Å²) in [4.78, 5) is 2.66. The molecular formula is C18H30N2. The summed E-state index contributed by atoms with van der Waals surface area (Å²) in [7, 11) is 2.08. The zero-order chi connectivity index (χ0) is 14.2. The van der Waals surface area contributed by atoms with E-state index in [9.17, 15) is 0 Å². The van der Waals surface area contributed by atoms with Crippen molar-refractivity contribution in [3.05, 3.63) is 35.4 Å². The number of rotatable bonds is 5. The van der Waals surface area contributed by atoms with Crippen molar-refractivity contribution in [3.63, 3.8) is 0 Å². The Morgan fingerprint density at radius 2 is 1.60 bits per heavy atom. The molecule has 0 aromatic heterocycles. The number of hydrogen-bond acceptors (Lipinski definition) is 2. The highest BCUT2D eigenvalue weighted by Gasteiger charge is 2.13. The molecule has 0 bridgehead atoms. The lowest BCUT2D eigenvalue weighted by Crippen LogP contribution is -2.31. The van der Waals surface area contributed by atoms with Crippen LogP contribution < -0.4 is 5.32 Å². The van der Waals surface area contributed by atoms with E-state index in [-0.39, 0.29) is 0 Å². The average Bonchev–Trinajstić information content (AvgIpc) is 2.43. The summed E-state index contributed by atoms with van der Waals surface area (Å²) in [5.74, 6) is 0. The minimum absolute atomic E-state index is 0.487. The fourth-order valence-electron chi connectivity index (χ4n) is 3.12. The van der Waals surface area contributed by atoms with Crippen LogP contribution in [-0.4, -0.2) is 31.6 Å². The van der Waals surface area contributed by atoms with E-state index in [1.165, 1.54) is 69.3 Å². The van der Waals surface area contributed by atoms with Crippen LogP contribution in [0.4, 0.5) is 0 Å². The maximum Gasteiger partial charge on any atom is 0.0329 e. The van der Waals surface area contributed by atoms with Crippen LogP contribution in [0.1, 0.15) is 55.7 Å². The number of aryl methyl sites for hydroxylation is 1. The van der Waals surface area contributed by atoms with Gasteiger partial charge >= 0.3 is 0 Å². The second kappa shape index (κ2) is 8.43. The summed E-state index contributed by atoms with van der Waals surface area (Å²) in [6.45, 7) is 5.96. The number of benzene rings is 1. The maximum absolute atomic E-state index is 3.48. The van der Waals surface area contributed by atoms with E-state index in [0.717, 1.165) is 0 Å². The molecule has 2 nitrogen and oxygen atoms in total. The monoisotopic (exact) mass is 274 g/mol. The van der Waals surface area contributed by atoms with Crippen LogP contribution in [0.2, 0.25) is 0 Å². The van der Waals surface area contributed by atoms with E-state index in [1.807, 2.05) is 0 Å². The van der Waals surface area contributed by atoms with Crippen molar-refractivity contribution in [1.29, 1.82) is 0 Å². The third-order valence-electron chi connectivity index (χ3n) is 4.51. The van der Waals surface area contributed by atoms with E-state index in [2.05, 4.69) is 48.5 Å². The molecule has 1 fully saturated rings. The van der Waals surface area contributed by atoms with Gasteiger partial charge in [-0.05, 0) is 58.4 Å². The molecule has 1 atom stereocenters. The first-order valence-corrected chi connectivity index (χ1v) is 8.26. The van der Waals surface area contributed by atoms with Crippen molar-refractivity contribution in [2.24, 2.45) is 0 Å². The maximum atomic E-state index is 3.48. The largest absolute Gasteiger partial charge is 0.313 e. The summed E-state index contributed by atoms with van der Waals surface area (Å²) >= 11 is 0. The molecule has 0 radical (unpaired) electrons. The Hall–Kier alpha value is -0.860. The highest BCUT2D eigenvalue weighted by atomic mass is 15.1. The van der Waals surface area contributed by atoms with Gasteiger partial charge in [0, 0.05) is 6.04 Å². The van der Waals surface area contributed by atoms with Gasteiger partial charge in [0.15, 0.2) is 0 Å². The van der Waals surface area contributed by atoms with Crippen LogP contribution in [0.25, 0.3) is 0 Å². The van der Waals surface area contributed by atoms with Crippen LogP contribution in [0.3, 0.4) is 0 Å². The van der Waals surface area contributed by atoms with Gasteiger partial charge < -0.3 is 10.2 Å². The van der Waals surface area contributed by atoms with Gasteiger partial charge in [0.25, 0.3) is 0 Å². The molecule has 0 amide bonds. The zero-order valence-corrected chi connectivity index (χ0v) is 13.2. The molecule has 1 aliphatic rings. The Bertz CT molecular complexity index is 364. The van der Waals surface area contributed by atoms with E-state index >= 15 is 0 Å². The molecule has 20 heavy (non-hydrogen) atoms. The van der Waals surface area contributed by atoms with Crippen molar-refractivity contribution in [1.82, 2.24) is 10.2 Å². The van der Waals surface area contributed by atoms with Gasteiger partial charge in [-0.15, -0.1) is 0 Å². The van der Waals surface area contributed by atoms with Crippen LogP contribution in [0, 0.1) is 6.92 Å². The lowest BCUT2D eigenvalue weighted by atomic mass is 10.0. The lowest BCUT2D eigenvalue weighted by Gasteiger charge is -2.26. The van der Waals surface area contributed by atoms with Gasteiger partial charge in [0.2, 0.25) is 0 Å². The van der Waals surface area contributed by atoms with Crippen molar-refractivity contribution in [2.45, 2.75) is 51.5 Å². The molecule has 1 heterocycles. The Morgan fingerprint density at radius 1 is 1.00 bits per heavy atom. The zero-order valence-electron chi connectivity index (χ0n) is 13.2. The van der Waals surface area contributed by atoms with Crippen LogP contribution in [-0.2, 0) is 0 Å². The Morgan fingerprint density at radius 3 is 2.20 bits per heavy atom. The molecule has 1 aromatic carbocycles. The molecule has 1 saturated heterocycles. The van der Waals surface area contributed by atoms with Crippen LogP contribution in [0.5, 0.6) is 0 Å². The first-order valence-electron chi connectivity index (χ1n) is 8.26. The summed E-state index contributed by atoms with van der Waals surface area (Å²) in [5, 5.41) is 3.48. The molecule has 1 N–H and O–H groups in total. The minimum Gasteiger partial charge on any atom is -0.313 e. The van der Waals surface area contributed by atoms with E-state index in [4.69, 9.17) is 0 Å². The van der Waals surface area contributed by atoms with Gasteiger partial charge in [-0.3, -0.25) is 0 Å². The minimum atomic E-state index is 0.487. The van der Waals surface area contributed by atoms with Gasteiger partial charge in [-0.2, -0.15) is 0 Å². The van der Waals surface area contributed by atoms with Gasteiger partial charge in [0.05, 0.1) is 0 Å². The summed E-state index contributed by atoms with van der Waals surface area (Å²) in [5.41, 5.74) is 2.76. The first kappa shape index (κ1) is 15.5. The topological polar surface area (TPSA) is 15.3 Å². The first-order chi connectivity index (χ1) is 9.79. The fraction of sp³-hybridized carbons (Fsp3) is 0.667. The van der Waals surface area contributed by atoms with E-state index in [0.29, 0.717) is 6.04 Å². The summed E-state index contributed by atoms with van der Waals surface area (Å²) in [6.07, 6.45) is 8.26. The van der Waals surface area contributed by atoms with Gasteiger partial charge in [-0.1, -0.05) is 49.1 Å². The standard InChI is InChI=1S/C18H30N2/c1-16-8-10-17(11-9-16)18(19-2)12-15-20-13-6-4-3-5-7-14-20/h8-11,18-19H,3-7,12-15H2,1-2H3. The van der Waals surface area contributed by atoms with Crippen molar-refractivity contribution < 1.29 is 0 Å². The molecule has 0 spiro atoms. The summed E-state index contributed by atoms with van der Waals surface area (Å²) < 4.78 is 0. The number of nitrogens with zero attached hydrogens (tertiary/aromatic N) is 1. The molecule has 1 aromatic rings. The predicted molar refractivity (Wildman–Crippen MR) is 87.1 cm³/mol. The van der Waals surface area contributed by atoms with Crippen molar-refractivity contribution in [2.75, 3.05) is 26.7 Å². The molecule has 112 valence electrons. The number of hydrogen-bond donors (Lipinski definition) is 1. The Balaban J connectivity index is 1.84. The number of likely N-dealkylation sites (tertiary alicyclic amines) is 1. The third kappa shape index (κ3) is 4.92. The highest BCUT2D eigenvalue weighted by Crippen LogP contribution is 2.18. The molecule has 1 aliphatic heterocycles. The fourth-order valence-corrected chi connectivity index (χ4v) is 3.12. The van der Waals surface area contributed by atoms with Crippen molar-refractivity contribution in [3.8, 4) is 0 Å². The Labute approximate surface area is 124 Å². The normalized spacial score (nSPS) is 19.3. The quantitative estimate of drug-likeness (QED) is 0.875. The second-order valence-electron chi connectivity index (χ2n) is 6.15. The third-order valence-corrected chi connectivity index (χ3v) is 4.51.